The van der Waals surface area contributed by atoms with Crippen molar-refractivity contribution in [3.05, 3.63) is 95.6 Å². The Hall–Kier alpha value is -3.84. The lowest BCUT2D eigenvalue weighted by atomic mass is 10.1. The lowest BCUT2D eigenvalue weighted by Gasteiger charge is -2.25. The van der Waals surface area contributed by atoms with Crippen LogP contribution in [0.25, 0.3) is 0 Å². The number of hydrogen-bond donors (Lipinski definition) is 3. The van der Waals surface area contributed by atoms with Crippen molar-refractivity contribution in [3.63, 3.8) is 0 Å². The molecule has 0 heterocycles. The first-order chi connectivity index (χ1) is 17.0. The molecule has 3 aromatic carbocycles. The van der Waals surface area contributed by atoms with Gasteiger partial charge in [0.1, 0.15) is 11.8 Å². The van der Waals surface area contributed by atoms with Crippen LogP contribution in [0, 0.1) is 6.92 Å². The second kappa shape index (κ2) is 13.2. The largest absolute Gasteiger partial charge is 0.497 e. The predicted molar refractivity (Wildman–Crippen MR) is 138 cm³/mol. The maximum absolute atomic E-state index is 13.1. The number of methoxy groups -OCH3 is 1. The van der Waals surface area contributed by atoms with E-state index >= 15 is 0 Å². The van der Waals surface area contributed by atoms with Gasteiger partial charge < -0.3 is 25.4 Å². The highest BCUT2D eigenvalue weighted by Gasteiger charge is 2.28. The topological polar surface area (TPSA) is 88.7 Å². The maximum Gasteiger partial charge on any atom is 0.252 e. The van der Waals surface area contributed by atoms with Crippen molar-refractivity contribution < 1.29 is 19.1 Å². The number of hydrogen-bond acceptors (Lipinski definition) is 5. The molecule has 0 radical (unpaired) electrons. The van der Waals surface area contributed by atoms with E-state index in [-0.39, 0.29) is 11.8 Å². The number of carbonyl (C=O) groups excluding carboxylic acids is 2. The fourth-order valence-corrected chi connectivity index (χ4v) is 3.52. The van der Waals surface area contributed by atoms with Gasteiger partial charge in [-0.1, -0.05) is 48.0 Å². The molecule has 0 spiro atoms. The third-order valence-electron chi connectivity index (χ3n) is 5.52. The third kappa shape index (κ3) is 8.15. The Morgan fingerprint density at radius 2 is 1.66 bits per heavy atom. The first-order valence-corrected chi connectivity index (χ1v) is 11.6. The Bertz CT molecular complexity index is 1090. The van der Waals surface area contributed by atoms with Gasteiger partial charge in [-0.25, -0.2) is 0 Å². The zero-order chi connectivity index (χ0) is 25.0. The van der Waals surface area contributed by atoms with E-state index in [0.717, 1.165) is 22.6 Å². The monoisotopic (exact) mass is 475 g/mol. The molecule has 1 unspecified atom stereocenters. The van der Waals surface area contributed by atoms with Gasteiger partial charge in [-0.15, -0.1) is 0 Å². The summed E-state index contributed by atoms with van der Waals surface area (Å²) in [6, 6.07) is 23.7. The highest BCUT2D eigenvalue weighted by atomic mass is 16.5. The smallest absolute Gasteiger partial charge is 0.252 e. The van der Waals surface area contributed by atoms with Crippen LogP contribution in [0.5, 0.6) is 5.75 Å². The van der Waals surface area contributed by atoms with Gasteiger partial charge >= 0.3 is 0 Å². The van der Waals surface area contributed by atoms with Crippen molar-refractivity contribution >= 4 is 17.5 Å². The van der Waals surface area contributed by atoms with Crippen LogP contribution in [0.3, 0.4) is 0 Å². The molecule has 2 atom stereocenters. The number of ether oxygens (including phenoxy) is 2. The molecule has 0 aromatic heterocycles. The SMILES string of the molecule is COc1ccc(NCCNC(=O)C(NC(=O)c2cccc(C)c2)[C@H](C)OCc2ccccc2)cc1. The van der Waals surface area contributed by atoms with Gasteiger partial charge in [-0.05, 0) is 55.8 Å². The molecule has 0 aliphatic carbocycles. The molecule has 3 N–H and O–H groups in total. The van der Waals surface area contributed by atoms with Gasteiger partial charge in [-0.3, -0.25) is 9.59 Å². The van der Waals surface area contributed by atoms with Gasteiger partial charge in [0.2, 0.25) is 5.91 Å². The summed E-state index contributed by atoms with van der Waals surface area (Å²) >= 11 is 0. The van der Waals surface area contributed by atoms with E-state index in [1.807, 2.05) is 73.7 Å². The van der Waals surface area contributed by atoms with Crippen molar-refractivity contribution in [2.75, 3.05) is 25.5 Å². The first kappa shape index (κ1) is 25.8. The Morgan fingerprint density at radius 3 is 2.34 bits per heavy atom. The molecule has 2 amide bonds. The summed E-state index contributed by atoms with van der Waals surface area (Å²) in [6.07, 6.45) is -0.543. The lowest BCUT2D eigenvalue weighted by molar-refractivity contribution is -0.126. The van der Waals surface area contributed by atoms with Gasteiger partial charge in [-0.2, -0.15) is 0 Å². The summed E-state index contributed by atoms with van der Waals surface area (Å²) in [7, 11) is 1.62. The second-order valence-electron chi connectivity index (χ2n) is 8.27. The van der Waals surface area contributed by atoms with Crippen LogP contribution in [-0.2, 0) is 16.1 Å². The van der Waals surface area contributed by atoms with Gasteiger partial charge in [0.05, 0.1) is 19.8 Å². The van der Waals surface area contributed by atoms with Crippen LogP contribution < -0.4 is 20.7 Å². The number of aryl methyl sites for hydroxylation is 1. The summed E-state index contributed by atoms with van der Waals surface area (Å²) in [4.78, 5) is 26.0. The zero-order valence-electron chi connectivity index (χ0n) is 20.4. The predicted octanol–water partition coefficient (Wildman–Crippen LogP) is 3.94. The van der Waals surface area contributed by atoms with Gasteiger partial charge in [0, 0.05) is 24.3 Å². The molecular weight excluding hydrogens is 442 g/mol. The molecule has 35 heavy (non-hydrogen) atoms. The number of carbonyl (C=O) groups is 2. The molecule has 3 rings (SSSR count). The van der Waals surface area contributed by atoms with Crippen molar-refractivity contribution in [1.29, 1.82) is 0 Å². The van der Waals surface area contributed by atoms with E-state index in [1.165, 1.54) is 0 Å². The van der Waals surface area contributed by atoms with E-state index in [1.54, 1.807) is 26.2 Å². The minimum atomic E-state index is -0.854. The molecule has 7 heteroatoms. The van der Waals surface area contributed by atoms with Crippen LogP contribution in [0.1, 0.15) is 28.4 Å². The van der Waals surface area contributed by atoms with E-state index in [0.29, 0.717) is 25.3 Å². The number of amides is 2. The van der Waals surface area contributed by atoms with E-state index in [9.17, 15) is 9.59 Å². The standard InChI is InChI=1S/C28H33N3O4/c1-20-8-7-11-23(18-20)27(32)31-26(21(2)35-19-22-9-5-4-6-10-22)28(33)30-17-16-29-24-12-14-25(34-3)15-13-24/h4-15,18,21,26,29H,16-17,19H2,1-3H3,(H,30,33)(H,31,32)/t21-,26?/m0/s1. The fraction of sp³-hybridized carbons (Fsp3) is 0.286. The van der Waals surface area contributed by atoms with Gasteiger partial charge in [0.25, 0.3) is 5.91 Å². The first-order valence-electron chi connectivity index (χ1n) is 11.6. The average molecular weight is 476 g/mol. The van der Waals surface area contributed by atoms with Crippen molar-refractivity contribution in [3.8, 4) is 5.75 Å². The molecular formula is C28H33N3O4. The minimum Gasteiger partial charge on any atom is -0.497 e. The van der Waals surface area contributed by atoms with Gasteiger partial charge in [0.15, 0.2) is 0 Å². The molecule has 0 bridgehead atoms. The molecule has 7 nitrogen and oxygen atoms in total. The Balaban J connectivity index is 1.59. The zero-order valence-corrected chi connectivity index (χ0v) is 20.4. The highest BCUT2D eigenvalue weighted by Crippen LogP contribution is 2.14. The van der Waals surface area contributed by atoms with Crippen LogP contribution in [0.4, 0.5) is 5.69 Å². The van der Waals surface area contributed by atoms with Crippen molar-refractivity contribution in [2.45, 2.75) is 32.6 Å². The van der Waals surface area contributed by atoms with Crippen molar-refractivity contribution in [1.82, 2.24) is 10.6 Å². The normalized spacial score (nSPS) is 12.3. The van der Waals surface area contributed by atoms with E-state index < -0.39 is 12.1 Å². The molecule has 0 aliphatic heterocycles. The Kier molecular flexibility index (Phi) is 9.69. The second-order valence-corrected chi connectivity index (χ2v) is 8.27. The average Bonchev–Trinajstić information content (AvgIpc) is 2.89. The lowest BCUT2D eigenvalue weighted by Crippen LogP contribution is -2.53. The number of rotatable bonds is 12. The highest BCUT2D eigenvalue weighted by molar-refractivity contribution is 5.97. The summed E-state index contributed by atoms with van der Waals surface area (Å²) in [5, 5.41) is 9.01. The molecule has 0 fully saturated rings. The van der Waals surface area contributed by atoms with E-state index in [2.05, 4.69) is 16.0 Å². The molecule has 0 saturated heterocycles. The Labute approximate surface area is 206 Å². The molecule has 184 valence electrons. The summed E-state index contributed by atoms with van der Waals surface area (Å²) in [6.45, 7) is 4.95. The quantitative estimate of drug-likeness (QED) is 0.346. The van der Waals surface area contributed by atoms with E-state index in [4.69, 9.17) is 9.47 Å². The molecule has 3 aromatic rings. The Morgan fingerprint density at radius 1 is 0.914 bits per heavy atom. The third-order valence-corrected chi connectivity index (χ3v) is 5.52. The number of nitrogens with one attached hydrogen (secondary N) is 3. The summed E-state index contributed by atoms with van der Waals surface area (Å²) in [5.41, 5.74) is 3.38. The minimum absolute atomic E-state index is 0.303. The van der Waals surface area contributed by atoms with Crippen LogP contribution >= 0.6 is 0 Å². The maximum atomic E-state index is 13.1. The van der Waals surface area contributed by atoms with Crippen LogP contribution in [0.15, 0.2) is 78.9 Å². The van der Waals surface area contributed by atoms with Crippen LogP contribution in [0.2, 0.25) is 0 Å². The number of benzene rings is 3. The summed E-state index contributed by atoms with van der Waals surface area (Å²) in [5.74, 6) is 0.156. The number of anilines is 1. The summed E-state index contributed by atoms with van der Waals surface area (Å²) < 4.78 is 11.1. The fourth-order valence-electron chi connectivity index (χ4n) is 3.52. The van der Waals surface area contributed by atoms with Crippen LogP contribution in [-0.4, -0.2) is 44.2 Å². The van der Waals surface area contributed by atoms with Crippen molar-refractivity contribution in [2.24, 2.45) is 0 Å². The molecule has 0 aliphatic rings. The molecule has 0 saturated carbocycles.